The summed E-state index contributed by atoms with van der Waals surface area (Å²) in [6, 6.07) is 8.51. The third-order valence-electron chi connectivity index (χ3n) is 3.24. The number of pyridine rings is 1. The summed E-state index contributed by atoms with van der Waals surface area (Å²) in [6.07, 6.45) is 7.48. The number of hydrogen-bond acceptors (Lipinski definition) is 4. The smallest absolute Gasteiger partial charge is 0.212 e. The van der Waals surface area contributed by atoms with Gasteiger partial charge in [-0.25, -0.2) is 9.97 Å². The van der Waals surface area contributed by atoms with Gasteiger partial charge >= 0.3 is 0 Å². The molecular formula is C15H15N3OS. The van der Waals surface area contributed by atoms with Gasteiger partial charge in [-0.05, 0) is 25.1 Å². The first-order valence-corrected chi connectivity index (χ1v) is 7.17. The zero-order chi connectivity index (χ0) is 13.9. The first-order valence-electron chi connectivity index (χ1n) is 6.35. The highest BCUT2D eigenvalue weighted by Crippen LogP contribution is 2.32. The van der Waals surface area contributed by atoms with Crippen LogP contribution in [-0.4, -0.2) is 21.6 Å². The van der Waals surface area contributed by atoms with Gasteiger partial charge in [0.05, 0.1) is 19.5 Å². The molecule has 0 amide bonds. The molecule has 0 spiro atoms. The lowest BCUT2D eigenvalue weighted by Crippen LogP contribution is -2.01. The maximum atomic E-state index is 5.08. The molecule has 0 aliphatic rings. The van der Waals surface area contributed by atoms with Gasteiger partial charge in [0.15, 0.2) is 0 Å². The molecule has 3 aromatic rings. The molecule has 3 aromatic heterocycles. The number of rotatable bonds is 4. The van der Waals surface area contributed by atoms with Gasteiger partial charge in [-0.15, -0.1) is 11.3 Å². The Labute approximate surface area is 121 Å². The Bertz CT molecular complexity index is 673. The van der Waals surface area contributed by atoms with Crippen LogP contribution in [0.2, 0.25) is 0 Å². The van der Waals surface area contributed by atoms with Crippen molar-refractivity contribution in [1.29, 1.82) is 0 Å². The minimum atomic E-state index is 0.294. The van der Waals surface area contributed by atoms with Crippen LogP contribution in [0.25, 0.3) is 10.4 Å². The van der Waals surface area contributed by atoms with Crippen molar-refractivity contribution >= 4 is 11.3 Å². The normalized spacial score (nSPS) is 12.3. The molecule has 0 aromatic carbocycles. The molecule has 20 heavy (non-hydrogen) atoms. The molecule has 0 fully saturated rings. The SMILES string of the molecule is COc1ccc(-c2ccc(C(C)n3ccnc3)s2)cn1. The van der Waals surface area contributed by atoms with Gasteiger partial charge in [-0.1, -0.05) is 0 Å². The first kappa shape index (κ1) is 12.9. The minimum absolute atomic E-state index is 0.294. The van der Waals surface area contributed by atoms with E-state index < -0.39 is 0 Å². The van der Waals surface area contributed by atoms with E-state index in [2.05, 4.69) is 33.6 Å². The van der Waals surface area contributed by atoms with Gasteiger partial charge in [0.25, 0.3) is 0 Å². The molecule has 3 rings (SSSR count). The van der Waals surface area contributed by atoms with Gasteiger partial charge in [-0.3, -0.25) is 0 Å². The molecule has 0 saturated carbocycles. The average molecular weight is 285 g/mol. The zero-order valence-corrected chi connectivity index (χ0v) is 12.2. The maximum Gasteiger partial charge on any atom is 0.212 e. The van der Waals surface area contributed by atoms with E-state index in [0.717, 1.165) is 5.56 Å². The molecule has 0 bridgehead atoms. The first-order chi connectivity index (χ1) is 9.78. The number of nitrogens with zero attached hydrogens (tertiary/aromatic N) is 3. The lowest BCUT2D eigenvalue weighted by atomic mass is 10.2. The van der Waals surface area contributed by atoms with Crippen LogP contribution in [0.15, 0.2) is 49.2 Å². The van der Waals surface area contributed by atoms with Gasteiger partial charge in [0.1, 0.15) is 0 Å². The Morgan fingerprint density at radius 1 is 1.25 bits per heavy atom. The third-order valence-corrected chi connectivity index (χ3v) is 4.55. The molecule has 0 N–H and O–H groups in total. The summed E-state index contributed by atoms with van der Waals surface area (Å²) in [6.45, 7) is 2.17. The molecular weight excluding hydrogens is 270 g/mol. The van der Waals surface area contributed by atoms with Gasteiger partial charge < -0.3 is 9.30 Å². The molecule has 0 aliphatic heterocycles. The van der Waals surface area contributed by atoms with Crippen LogP contribution in [0.3, 0.4) is 0 Å². The van der Waals surface area contributed by atoms with Crippen LogP contribution < -0.4 is 4.74 Å². The molecule has 5 heteroatoms. The lowest BCUT2D eigenvalue weighted by Gasteiger charge is -2.10. The molecule has 3 heterocycles. The van der Waals surface area contributed by atoms with Crippen molar-refractivity contribution in [2.75, 3.05) is 7.11 Å². The van der Waals surface area contributed by atoms with Crippen LogP contribution >= 0.6 is 11.3 Å². The second-order valence-corrected chi connectivity index (χ2v) is 5.59. The molecule has 102 valence electrons. The van der Waals surface area contributed by atoms with Crippen LogP contribution in [0, 0.1) is 0 Å². The zero-order valence-electron chi connectivity index (χ0n) is 11.4. The Hall–Kier alpha value is -2.14. The minimum Gasteiger partial charge on any atom is -0.481 e. The summed E-state index contributed by atoms with van der Waals surface area (Å²) in [4.78, 5) is 10.9. The number of ether oxygens (including phenoxy) is 1. The predicted molar refractivity (Wildman–Crippen MR) is 80.1 cm³/mol. The third kappa shape index (κ3) is 2.44. The van der Waals surface area contributed by atoms with E-state index in [4.69, 9.17) is 4.74 Å². The second-order valence-electron chi connectivity index (χ2n) is 4.48. The summed E-state index contributed by atoms with van der Waals surface area (Å²) in [5.74, 6) is 0.636. The van der Waals surface area contributed by atoms with E-state index in [1.165, 1.54) is 9.75 Å². The Balaban J connectivity index is 1.86. The van der Waals surface area contributed by atoms with Crippen molar-refractivity contribution in [2.24, 2.45) is 0 Å². The van der Waals surface area contributed by atoms with Crippen molar-refractivity contribution in [3.8, 4) is 16.3 Å². The van der Waals surface area contributed by atoms with E-state index in [1.54, 1.807) is 24.6 Å². The monoisotopic (exact) mass is 285 g/mol. The standard InChI is InChI=1S/C15H15N3OS/c1-11(18-8-7-16-10-18)13-4-5-14(20-13)12-3-6-15(19-2)17-9-12/h3-11H,1-2H3. The second kappa shape index (κ2) is 5.46. The molecule has 4 nitrogen and oxygen atoms in total. The fourth-order valence-corrected chi connectivity index (χ4v) is 3.08. The number of methoxy groups -OCH3 is 1. The van der Waals surface area contributed by atoms with E-state index in [1.807, 2.05) is 30.9 Å². The number of imidazole rings is 1. The summed E-state index contributed by atoms with van der Waals surface area (Å²) in [5.41, 5.74) is 1.11. The Kier molecular flexibility index (Phi) is 3.52. The molecule has 1 atom stereocenters. The summed E-state index contributed by atoms with van der Waals surface area (Å²) in [5, 5.41) is 0. The lowest BCUT2D eigenvalue weighted by molar-refractivity contribution is 0.398. The van der Waals surface area contributed by atoms with Crippen molar-refractivity contribution in [2.45, 2.75) is 13.0 Å². The summed E-state index contributed by atoms with van der Waals surface area (Å²) in [7, 11) is 1.62. The maximum absolute atomic E-state index is 5.08. The highest BCUT2D eigenvalue weighted by atomic mass is 32.1. The van der Waals surface area contributed by atoms with Crippen LogP contribution in [0.4, 0.5) is 0 Å². The van der Waals surface area contributed by atoms with E-state index in [9.17, 15) is 0 Å². The summed E-state index contributed by atoms with van der Waals surface area (Å²) < 4.78 is 7.18. The van der Waals surface area contributed by atoms with Crippen LogP contribution in [0.5, 0.6) is 5.88 Å². The van der Waals surface area contributed by atoms with Crippen molar-refractivity contribution in [1.82, 2.24) is 14.5 Å². The fourth-order valence-electron chi connectivity index (χ4n) is 2.02. The van der Waals surface area contributed by atoms with E-state index in [-0.39, 0.29) is 0 Å². The Morgan fingerprint density at radius 2 is 2.15 bits per heavy atom. The highest BCUT2D eigenvalue weighted by molar-refractivity contribution is 7.15. The Morgan fingerprint density at radius 3 is 2.80 bits per heavy atom. The topological polar surface area (TPSA) is 39.9 Å². The van der Waals surface area contributed by atoms with Gasteiger partial charge in [-0.2, -0.15) is 0 Å². The van der Waals surface area contributed by atoms with Crippen LogP contribution in [0.1, 0.15) is 17.8 Å². The van der Waals surface area contributed by atoms with Gasteiger partial charge in [0.2, 0.25) is 5.88 Å². The average Bonchev–Trinajstić information content (AvgIpc) is 3.18. The molecule has 1 unspecified atom stereocenters. The van der Waals surface area contributed by atoms with Crippen molar-refractivity contribution < 1.29 is 4.74 Å². The fraction of sp³-hybridized carbons (Fsp3) is 0.200. The molecule has 0 aliphatic carbocycles. The summed E-state index contributed by atoms with van der Waals surface area (Å²) >= 11 is 1.78. The number of thiophene rings is 1. The van der Waals surface area contributed by atoms with E-state index >= 15 is 0 Å². The number of aromatic nitrogens is 3. The van der Waals surface area contributed by atoms with Crippen molar-refractivity contribution in [3.05, 3.63) is 54.1 Å². The molecule has 0 radical (unpaired) electrons. The predicted octanol–water partition coefficient (Wildman–Crippen LogP) is 3.62. The largest absolute Gasteiger partial charge is 0.481 e. The quantitative estimate of drug-likeness (QED) is 0.735. The van der Waals surface area contributed by atoms with E-state index in [0.29, 0.717) is 11.9 Å². The van der Waals surface area contributed by atoms with Crippen LogP contribution in [-0.2, 0) is 0 Å². The number of hydrogen-bond donors (Lipinski definition) is 0. The van der Waals surface area contributed by atoms with Gasteiger partial charge in [0, 0.05) is 40.0 Å². The highest BCUT2D eigenvalue weighted by Gasteiger charge is 2.11. The van der Waals surface area contributed by atoms with Crippen molar-refractivity contribution in [3.63, 3.8) is 0 Å². The molecule has 0 saturated heterocycles.